The predicted octanol–water partition coefficient (Wildman–Crippen LogP) is 5.07. The summed E-state index contributed by atoms with van der Waals surface area (Å²) in [7, 11) is 1.62. The van der Waals surface area contributed by atoms with Crippen LogP contribution in [0.1, 0.15) is 45.2 Å². The first-order valence-electron chi connectivity index (χ1n) is 11.0. The molecule has 178 valence electrons. The van der Waals surface area contributed by atoms with Gasteiger partial charge in [-0.15, -0.1) is 10.2 Å². The van der Waals surface area contributed by atoms with E-state index in [1.54, 1.807) is 31.4 Å². The second kappa shape index (κ2) is 11.6. The summed E-state index contributed by atoms with van der Waals surface area (Å²) in [6.07, 6.45) is -0.351. The van der Waals surface area contributed by atoms with Crippen molar-refractivity contribution in [2.24, 2.45) is 5.92 Å². The lowest BCUT2D eigenvalue weighted by Gasteiger charge is -2.19. The van der Waals surface area contributed by atoms with E-state index in [2.05, 4.69) is 35.4 Å². The molecule has 34 heavy (non-hydrogen) atoms. The molecule has 1 heterocycles. The summed E-state index contributed by atoms with van der Waals surface area (Å²) < 4.78 is 13.4. The van der Waals surface area contributed by atoms with Crippen LogP contribution in [-0.4, -0.2) is 33.0 Å². The highest BCUT2D eigenvalue weighted by Crippen LogP contribution is 2.29. The van der Waals surface area contributed by atoms with Crippen molar-refractivity contribution in [2.45, 2.75) is 50.8 Å². The summed E-state index contributed by atoms with van der Waals surface area (Å²) in [5, 5.41) is 20.8. The molecule has 0 fully saturated rings. The predicted molar refractivity (Wildman–Crippen MR) is 132 cm³/mol. The van der Waals surface area contributed by atoms with Gasteiger partial charge in [0.1, 0.15) is 11.5 Å². The van der Waals surface area contributed by atoms with Gasteiger partial charge in [0.15, 0.2) is 17.1 Å². The van der Waals surface area contributed by atoms with E-state index in [1.165, 1.54) is 11.8 Å². The zero-order chi connectivity index (χ0) is 24.7. The molecule has 8 nitrogen and oxygen atoms in total. The SMILES string of the molecule is COc1cccc(OC(C)c2nnc(SC(C)C(=O)Nc3ccc(C#N)cc3)n2CC(C)C)c1. The molecule has 1 N–H and O–H groups in total. The number of rotatable bonds is 10. The van der Waals surface area contributed by atoms with Gasteiger partial charge in [-0.2, -0.15) is 5.26 Å². The minimum atomic E-state index is -0.409. The first kappa shape index (κ1) is 25.1. The van der Waals surface area contributed by atoms with Gasteiger partial charge in [-0.05, 0) is 56.2 Å². The maximum Gasteiger partial charge on any atom is 0.237 e. The van der Waals surface area contributed by atoms with Gasteiger partial charge in [-0.25, -0.2) is 0 Å². The van der Waals surface area contributed by atoms with Crippen molar-refractivity contribution in [2.75, 3.05) is 12.4 Å². The zero-order valence-electron chi connectivity index (χ0n) is 20.0. The molecular formula is C25H29N5O3S. The molecule has 2 unspecified atom stereocenters. The van der Waals surface area contributed by atoms with E-state index in [4.69, 9.17) is 14.7 Å². The number of amides is 1. The van der Waals surface area contributed by atoms with Crippen LogP contribution in [0.4, 0.5) is 5.69 Å². The molecule has 0 aliphatic carbocycles. The van der Waals surface area contributed by atoms with Crippen molar-refractivity contribution < 1.29 is 14.3 Å². The van der Waals surface area contributed by atoms with E-state index >= 15 is 0 Å². The standard InChI is InChI=1S/C25H29N5O3S/c1-16(2)15-30-23(17(3)33-22-8-6-7-21(13-22)32-5)28-29-25(30)34-18(4)24(31)27-20-11-9-19(14-26)10-12-20/h6-13,16-18H,15H2,1-5H3,(H,27,31). The summed E-state index contributed by atoms with van der Waals surface area (Å²) in [4.78, 5) is 12.8. The van der Waals surface area contributed by atoms with Crippen molar-refractivity contribution in [3.63, 3.8) is 0 Å². The van der Waals surface area contributed by atoms with Crippen molar-refractivity contribution in [1.82, 2.24) is 14.8 Å². The Morgan fingerprint density at radius 1 is 1.12 bits per heavy atom. The Bertz CT molecular complexity index is 1150. The monoisotopic (exact) mass is 479 g/mol. The molecule has 0 saturated heterocycles. The second-order valence-corrected chi connectivity index (χ2v) is 9.53. The Morgan fingerprint density at radius 2 is 1.82 bits per heavy atom. The molecule has 3 rings (SSSR count). The Balaban J connectivity index is 1.74. The normalized spacial score (nSPS) is 12.6. The van der Waals surface area contributed by atoms with Crippen LogP contribution < -0.4 is 14.8 Å². The molecule has 3 aromatic rings. The Morgan fingerprint density at radius 3 is 2.47 bits per heavy atom. The molecule has 0 aliphatic heterocycles. The average molecular weight is 480 g/mol. The number of nitrogens with one attached hydrogen (secondary N) is 1. The van der Waals surface area contributed by atoms with Gasteiger partial charge in [-0.1, -0.05) is 31.7 Å². The van der Waals surface area contributed by atoms with Crippen LogP contribution in [0.25, 0.3) is 0 Å². The highest BCUT2D eigenvalue weighted by molar-refractivity contribution is 8.00. The van der Waals surface area contributed by atoms with E-state index in [9.17, 15) is 4.79 Å². The second-order valence-electron chi connectivity index (χ2n) is 8.22. The molecule has 0 bridgehead atoms. The first-order chi connectivity index (χ1) is 16.3. The maximum atomic E-state index is 12.8. The minimum Gasteiger partial charge on any atom is -0.497 e. The fourth-order valence-electron chi connectivity index (χ4n) is 3.24. The molecule has 0 radical (unpaired) electrons. The van der Waals surface area contributed by atoms with Crippen molar-refractivity contribution in [3.8, 4) is 17.6 Å². The number of nitrogens with zero attached hydrogens (tertiary/aromatic N) is 4. The van der Waals surface area contributed by atoms with E-state index in [1.807, 2.05) is 42.7 Å². The van der Waals surface area contributed by atoms with Crippen molar-refractivity contribution >= 4 is 23.4 Å². The van der Waals surface area contributed by atoms with E-state index < -0.39 is 5.25 Å². The number of benzene rings is 2. The summed E-state index contributed by atoms with van der Waals surface area (Å²) in [6.45, 7) is 8.68. The molecule has 2 atom stereocenters. The molecule has 0 spiro atoms. The van der Waals surface area contributed by atoms with Crippen molar-refractivity contribution in [3.05, 3.63) is 59.9 Å². The third-order valence-electron chi connectivity index (χ3n) is 4.94. The Hall–Kier alpha value is -3.51. The molecule has 0 saturated carbocycles. The van der Waals surface area contributed by atoms with E-state index in [0.29, 0.717) is 46.2 Å². The van der Waals surface area contributed by atoms with Crippen LogP contribution in [0, 0.1) is 17.2 Å². The third kappa shape index (κ3) is 6.51. The number of carbonyl (C=O) groups is 1. The van der Waals surface area contributed by atoms with Crippen LogP contribution in [0.5, 0.6) is 11.5 Å². The van der Waals surface area contributed by atoms with E-state index in [-0.39, 0.29) is 12.0 Å². The third-order valence-corrected chi connectivity index (χ3v) is 6.02. The number of nitriles is 1. The van der Waals surface area contributed by atoms with Gasteiger partial charge in [-0.3, -0.25) is 4.79 Å². The molecule has 2 aromatic carbocycles. The fourth-order valence-corrected chi connectivity index (χ4v) is 4.11. The van der Waals surface area contributed by atoms with Gasteiger partial charge in [0.05, 0.1) is 24.0 Å². The zero-order valence-corrected chi connectivity index (χ0v) is 20.8. The topological polar surface area (TPSA) is 102 Å². The molecule has 9 heteroatoms. The highest BCUT2D eigenvalue weighted by atomic mass is 32.2. The van der Waals surface area contributed by atoms with Crippen LogP contribution in [-0.2, 0) is 11.3 Å². The summed E-state index contributed by atoms with van der Waals surface area (Å²) in [5.41, 5.74) is 1.18. The lowest BCUT2D eigenvalue weighted by molar-refractivity contribution is -0.115. The van der Waals surface area contributed by atoms with Gasteiger partial charge in [0.2, 0.25) is 5.91 Å². The van der Waals surface area contributed by atoms with Gasteiger partial charge in [0, 0.05) is 18.3 Å². The number of carbonyl (C=O) groups excluding carboxylic acids is 1. The highest BCUT2D eigenvalue weighted by Gasteiger charge is 2.24. The summed E-state index contributed by atoms with van der Waals surface area (Å²) in [6, 6.07) is 16.3. The average Bonchev–Trinajstić information content (AvgIpc) is 3.21. The smallest absolute Gasteiger partial charge is 0.237 e. The van der Waals surface area contributed by atoms with Crippen molar-refractivity contribution in [1.29, 1.82) is 5.26 Å². The van der Waals surface area contributed by atoms with Crippen LogP contribution >= 0.6 is 11.8 Å². The van der Waals surface area contributed by atoms with Crippen LogP contribution in [0.3, 0.4) is 0 Å². The van der Waals surface area contributed by atoms with Gasteiger partial charge < -0.3 is 19.4 Å². The largest absolute Gasteiger partial charge is 0.497 e. The first-order valence-corrected chi connectivity index (χ1v) is 11.9. The number of hydrogen-bond donors (Lipinski definition) is 1. The Kier molecular flexibility index (Phi) is 8.55. The van der Waals surface area contributed by atoms with Gasteiger partial charge in [0.25, 0.3) is 0 Å². The quantitative estimate of drug-likeness (QED) is 0.405. The lowest BCUT2D eigenvalue weighted by Crippen LogP contribution is -2.23. The fraction of sp³-hybridized carbons (Fsp3) is 0.360. The Labute approximate surface area is 204 Å². The number of hydrogen-bond acceptors (Lipinski definition) is 7. The number of aromatic nitrogens is 3. The lowest BCUT2D eigenvalue weighted by atomic mass is 10.2. The number of thioether (sulfide) groups is 1. The van der Waals surface area contributed by atoms with Gasteiger partial charge >= 0.3 is 0 Å². The molecule has 1 aromatic heterocycles. The summed E-state index contributed by atoms with van der Waals surface area (Å²) in [5.74, 6) is 2.28. The van der Waals surface area contributed by atoms with E-state index in [0.717, 1.165) is 0 Å². The van der Waals surface area contributed by atoms with Crippen LogP contribution in [0.2, 0.25) is 0 Å². The number of methoxy groups -OCH3 is 1. The molecule has 0 aliphatic rings. The summed E-state index contributed by atoms with van der Waals surface area (Å²) >= 11 is 1.35. The molecular weight excluding hydrogens is 450 g/mol. The molecule has 1 amide bonds. The number of ether oxygens (including phenoxy) is 2. The number of anilines is 1. The minimum absolute atomic E-state index is 0.156. The maximum absolute atomic E-state index is 12.8. The van der Waals surface area contributed by atoms with Crippen LogP contribution in [0.15, 0.2) is 53.7 Å².